The third-order valence-corrected chi connectivity index (χ3v) is 12.1. The average Bonchev–Trinajstić information content (AvgIpc) is 3.67. The number of thioether (sulfide) groups is 1. The summed E-state index contributed by atoms with van der Waals surface area (Å²) in [6.45, 7) is 15.9. The SMILES string of the molecule is C=CCCOC(=O)[C@@H]1[C@H]2C(=O)N([C@@H](CO)Cc3ccccc3)C(C(=O)N(CC=C)c3ccc(N(CC)CC)cc3)C23S[C@@H]1CC3C. The first-order valence-corrected chi connectivity index (χ1v) is 17.3. The number of carbonyl (C=O) groups is 3. The van der Waals surface area contributed by atoms with E-state index in [2.05, 4.69) is 38.8 Å². The fourth-order valence-corrected chi connectivity index (χ4v) is 10.3. The van der Waals surface area contributed by atoms with Crippen LogP contribution < -0.4 is 9.80 Å². The van der Waals surface area contributed by atoms with Crippen LogP contribution in [-0.4, -0.2) is 82.7 Å². The number of ether oxygens (including phenoxy) is 1. The molecule has 0 aromatic heterocycles. The first-order valence-electron chi connectivity index (χ1n) is 16.5. The Labute approximate surface area is 277 Å². The molecule has 3 heterocycles. The maximum absolute atomic E-state index is 15.1. The quantitative estimate of drug-likeness (QED) is 0.164. The summed E-state index contributed by atoms with van der Waals surface area (Å²) >= 11 is 1.61. The molecule has 246 valence electrons. The average molecular weight is 646 g/mol. The molecule has 2 aromatic carbocycles. The molecular formula is C37H47N3O5S. The normalized spacial score (nSPS) is 26.8. The van der Waals surface area contributed by atoms with Crippen molar-refractivity contribution in [1.29, 1.82) is 0 Å². The van der Waals surface area contributed by atoms with Gasteiger partial charge in [0.1, 0.15) is 6.04 Å². The van der Waals surface area contributed by atoms with E-state index < -0.39 is 34.6 Å². The molecule has 5 rings (SSSR count). The highest BCUT2D eigenvalue weighted by Gasteiger charge is 2.77. The number of esters is 1. The molecule has 3 aliphatic heterocycles. The van der Waals surface area contributed by atoms with E-state index in [1.807, 2.05) is 54.6 Å². The van der Waals surface area contributed by atoms with Crippen molar-refractivity contribution in [2.24, 2.45) is 17.8 Å². The van der Waals surface area contributed by atoms with E-state index in [1.54, 1.807) is 33.7 Å². The Kier molecular flexibility index (Phi) is 10.6. The Morgan fingerprint density at radius 3 is 2.37 bits per heavy atom. The fraction of sp³-hybridized carbons (Fsp3) is 0.486. The summed E-state index contributed by atoms with van der Waals surface area (Å²) in [7, 11) is 0. The number of nitrogens with zero attached hydrogens (tertiary/aromatic N) is 3. The monoisotopic (exact) mass is 645 g/mol. The van der Waals surface area contributed by atoms with Crippen molar-refractivity contribution in [2.75, 3.05) is 42.6 Å². The van der Waals surface area contributed by atoms with E-state index >= 15 is 4.79 Å². The third-order valence-electron chi connectivity index (χ3n) is 10.0. The number of amides is 2. The van der Waals surface area contributed by atoms with Gasteiger partial charge in [0.2, 0.25) is 5.91 Å². The standard InChI is InChI=1S/C37H47N3O5S/c1-6-10-21-45-36(44)31-30-22-25(5)37(46-30)32(31)34(42)40(29(24-41)23-26-14-12-11-13-15-26)33(37)35(43)39(20-7-2)28-18-16-27(17-19-28)38(8-3)9-4/h6-7,11-19,25,29-33,41H,1-2,8-10,20-24H2,3-5H3/t25?,29-,30-,31+,32+,33?,37?/m1/s1. The number of aliphatic hydroxyl groups is 1. The fourth-order valence-electron chi connectivity index (χ4n) is 7.91. The zero-order valence-corrected chi connectivity index (χ0v) is 28.0. The van der Waals surface area contributed by atoms with Gasteiger partial charge in [0.25, 0.3) is 5.91 Å². The van der Waals surface area contributed by atoms with E-state index in [0.717, 1.165) is 24.3 Å². The highest BCUT2D eigenvalue weighted by atomic mass is 32.2. The summed E-state index contributed by atoms with van der Waals surface area (Å²) in [6, 6.07) is 16.1. The molecule has 7 atom stereocenters. The van der Waals surface area contributed by atoms with Gasteiger partial charge in [-0.25, -0.2) is 0 Å². The summed E-state index contributed by atoms with van der Waals surface area (Å²) < 4.78 is 4.83. The van der Waals surface area contributed by atoms with Crippen LogP contribution in [0, 0.1) is 17.8 Å². The van der Waals surface area contributed by atoms with Crippen LogP contribution in [0.25, 0.3) is 0 Å². The predicted octanol–water partition coefficient (Wildman–Crippen LogP) is 5.11. The maximum Gasteiger partial charge on any atom is 0.310 e. The molecule has 2 aromatic rings. The molecule has 2 amide bonds. The lowest BCUT2D eigenvalue weighted by atomic mass is 9.66. The smallest absolute Gasteiger partial charge is 0.310 e. The van der Waals surface area contributed by atoms with Gasteiger partial charge in [-0.15, -0.1) is 24.9 Å². The van der Waals surface area contributed by atoms with Crippen LogP contribution in [0.2, 0.25) is 0 Å². The minimum Gasteiger partial charge on any atom is -0.465 e. The van der Waals surface area contributed by atoms with Gasteiger partial charge in [0, 0.05) is 36.3 Å². The first-order chi connectivity index (χ1) is 22.3. The van der Waals surface area contributed by atoms with Gasteiger partial charge in [-0.05, 0) is 68.9 Å². The van der Waals surface area contributed by atoms with Crippen LogP contribution in [0.3, 0.4) is 0 Å². The molecule has 0 saturated carbocycles. The van der Waals surface area contributed by atoms with E-state index in [1.165, 1.54) is 0 Å². The van der Waals surface area contributed by atoms with Gasteiger partial charge < -0.3 is 24.5 Å². The van der Waals surface area contributed by atoms with E-state index in [-0.39, 0.29) is 42.7 Å². The van der Waals surface area contributed by atoms with Crippen molar-refractivity contribution in [3.8, 4) is 0 Å². The lowest BCUT2D eigenvalue weighted by Gasteiger charge is -2.42. The number of rotatable bonds is 15. The highest BCUT2D eigenvalue weighted by molar-refractivity contribution is 8.02. The zero-order valence-electron chi connectivity index (χ0n) is 27.2. The lowest BCUT2D eigenvalue weighted by Crippen LogP contribution is -2.59. The van der Waals surface area contributed by atoms with E-state index in [0.29, 0.717) is 24.9 Å². The number of likely N-dealkylation sites (tertiary alicyclic amines) is 1. The van der Waals surface area contributed by atoms with Crippen molar-refractivity contribution >= 4 is 40.9 Å². The molecule has 3 saturated heterocycles. The van der Waals surface area contributed by atoms with Crippen LogP contribution in [0.1, 0.15) is 39.2 Å². The number of anilines is 2. The van der Waals surface area contributed by atoms with Gasteiger partial charge in [-0.3, -0.25) is 14.4 Å². The molecular weight excluding hydrogens is 598 g/mol. The van der Waals surface area contributed by atoms with Crippen molar-refractivity contribution in [3.63, 3.8) is 0 Å². The van der Waals surface area contributed by atoms with Crippen LogP contribution >= 0.6 is 11.8 Å². The number of hydrogen-bond acceptors (Lipinski definition) is 7. The molecule has 9 heteroatoms. The van der Waals surface area contributed by atoms with Crippen molar-refractivity contribution < 1.29 is 24.2 Å². The molecule has 2 bridgehead atoms. The number of fused-ring (bicyclic) bond motifs is 1. The molecule has 0 radical (unpaired) electrons. The number of benzene rings is 2. The van der Waals surface area contributed by atoms with Crippen molar-refractivity contribution in [1.82, 2.24) is 4.90 Å². The molecule has 46 heavy (non-hydrogen) atoms. The molecule has 3 fully saturated rings. The largest absolute Gasteiger partial charge is 0.465 e. The van der Waals surface area contributed by atoms with Gasteiger partial charge in [0.15, 0.2) is 0 Å². The molecule has 8 nitrogen and oxygen atoms in total. The summed E-state index contributed by atoms with van der Waals surface area (Å²) in [5.41, 5.74) is 2.73. The zero-order chi connectivity index (χ0) is 33.0. The predicted molar refractivity (Wildman–Crippen MR) is 185 cm³/mol. The van der Waals surface area contributed by atoms with E-state index in [4.69, 9.17) is 4.74 Å². The molecule has 0 aliphatic carbocycles. The second-order valence-corrected chi connectivity index (χ2v) is 14.0. The Hall–Kier alpha value is -3.56. The van der Waals surface area contributed by atoms with Crippen LogP contribution in [0.15, 0.2) is 79.9 Å². The third kappa shape index (κ3) is 5.88. The van der Waals surface area contributed by atoms with Gasteiger partial charge in [0.05, 0.1) is 35.8 Å². The minimum atomic E-state index is -0.885. The summed E-state index contributed by atoms with van der Waals surface area (Å²) in [5, 5.41) is 10.7. The van der Waals surface area contributed by atoms with Gasteiger partial charge in [-0.2, -0.15) is 0 Å². The number of carbonyl (C=O) groups excluding carboxylic acids is 3. The summed E-state index contributed by atoms with van der Waals surface area (Å²) in [5.74, 6) is -2.26. The van der Waals surface area contributed by atoms with Gasteiger partial charge in [-0.1, -0.05) is 49.4 Å². The van der Waals surface area contributed by atoms with E-state index in [9.17, 15) is 14.7 Å². The summed E-state index contributed by atoms with van der Waals surface area (Å²) in [4.78, 5) is 49.0. The maximum atomic E-state index is 15.1. The topological polar surface area (TPSA) is 90.4 Å². The first kappa shape index (κ1) is 33.8. The Morgan fingerprint density at radius 1 is 1.09 bits per heavy atom. The molecule has 1 spiro atoms. The number of aliphatic hydroxyl groups excluding tert-OH is 1. The van der Waals surface area contributed by atoms with Crippen molar-refractivity contribution in [2.45, 2.75) is 62.1 Å². The molecule has 3 aliphatic rings. The second-order valence-electron chi connectivity index (χ2n) is 12.5. The highest BCUT2D eigenvalue weighted by Crippen LogP contribution is 2.69. The Bertz CT molecular complexity index is 1410. The van der Waals surface area contributed by atoms with Gasteiger partial charge >= 0.3 is 5.97 Å². The van der Waals surface area contributed by atoms with Crippen LogP contribution in [-0.2, 0) is 25.5 Å². The molecule has 1 N–H and O–H groups in total. The minimum absolute atomic E-state index is 0.0145. The van der Waals surface area contributed by atoms with Crippen LogP contribution in [0.4, 0.5) is 11.4 Å². The number of hydrogen-bond donors (Lipinski definition) is 1. The van der Waals surface area contributed by atoms with Crippen LogP contribution in [0.5, 0.6) is 0 Å². The lowest BCUT2D eigenvalue weighted by molar-refractivity contribution is -0.154. The van der Waals surface area contributed by atoms with Crippen molar-refractivity contribution in [3.05, 3.63) is 85.5 Å². The molecule has 3 unspecified atom stereocenters. The Balaban J connectivity index is 1.59. The second kappa shape index (κ2) is 14.5. The Morgan fingerprint density at radius 2 is 1.76 bits per heavy atom. The summed E-state index contributed by atoms with van der Waals surface area (Å²) in [6.07, 6.45) is 5.00.